The summed E-state index contributed by atoms with van der Waals surface area (Å²) in [5.74, 6) is 0.290. The van der Waals surface area contributed by atoms with E-state index in [0.29, 0.717) is 24.7 Å². The van der Waals surface area contributed by atoms with E-state index in [9.17, 15) is 24.3 Å². The zero-order valence-electron chi connectivity index (χ0n) is 38.9. The number of methoxy groups -OCH3 is 2. The molecule has 5 heterocycles. The van der Waals surface area contributed by atoms with E-state index in [1.54, 1.807) is 39.3 Å². The van der Waals surface area contributed by atoms with Crippen molar-refractivity contribution in [2.45, 2.75) is 103 Å². The second kappa shape index (κ2) is 18.7. The SMILES string of the molecule is COCC(C)(C)c1ccc(N2C(c3ccc4nc(-c5cccn5C(=O)[C@@H](NC(=O)O)C(C)C)[nH]c4c3)CC[C@@H]2c2ccc3nc(C4CCCN4C(=O)C(NC(=O)OC)C(C)C)[nH]c3c2)cc1. The van der Waals surface area contributed by atoms with E-state index < -0.39 is 24.3 Å². The summed E-state index contributed by atoms with van der Waals surface area (Å²) >= 11 is 0. The third-order valence-electron chi connectivity index (χ3n) is 13.3. The van der Waals surface area contributed by atoms with Crippen LogP contribution in [0.2, 0.25) is 0 Å². The van der Waals surface area contributed by atoms with Crippen molar-refractivity contribution in [3.8, 4) is 11.5 Å². The summed E-state index contributed by atoms with van der Waals surface area (Å²) in [4.78, 5) is 72.6. The average molecular weight is 900 g/mol. The van der Waals surface area contributed by atoms with Gasteiger partial charge in [0, 0.05) is 31.0 Å². The molecule has 2 aliphatic heterocycles. The number of carbonyl (C=O) groups is 4. The standard InChI is InChI=1S/C50H61N9O7/c1-28(2)42(55-48(62)63)46(60)57-23-9-11-40(57)44-51-34-19-13-30(25-36(34)53-44)38-21-22-39(59(38)33-17-15-32(16-18-33)50(5,6)27-65-7)31-14-20-35-37(26-31)54-45(52-35)41-12-10-24-58(41)47(61)43(29(3)4)56-49(64)66-8/h9,11,13-20,23,25-26,28-29,38-39,41-43,55H,10,12,21-22,24,27H2,1-8H3,(H,51,53)(H,52,54)(H,56,64)(H,62,63)/t38?,39-,41?,42+,43?/m1/s1. The van der Waals surface area contributed by atoms with E-state index in [2.05, 4.69) is 93.9 Å². The number of likely N-dealkylation sites (tertiary alicyclic amines) is 1. The number of fused-ring (bicyclic) bond motifs is 2. The summed E-state index contributed by atoms with van der Waals surface area (Å²) in [5.41, 5.74) is 8.14. The lowest BCUT2D eigenvalue weighted by Gasteiger charge is -2.34. The molecule has 16 nitrogen and oxygen atoms in total. The predicted octanol–water partition coefficient (Wildman–Crippen LogP) is 8.89. The number of H-pyrrole nitrogens is 2. The Morgan fingerprint density at radius 2 is 1.41 bits per heavy atom. The molecule has 348 valence electrons. The van der Waals surface area contributed by atoms with Crippen molar-refractivity contribution in [2.75, 3.05) is 32.3 Å². The number of imidazole rings is 2. The molecule has 0 radical (unpaired) electrons. The molecule has 3 unspecified atom stereocenters. The minimum absolute atomic E-state index is 0.00176. The quantitative estimate of drug-likeness (QED) is 0.0703. The maximum absolute atomic E-state index is 13.9. The molecular weight excluding hydrogens is 839 g/mol. The number of hydrogen-bond acceptors (Lipinski definition) is 9. The highest BCUT2D eigenvalue weighted by Crippen LogP contribution is 2.48. The lowest BCUT2D eigenvalue weighted by Crippen LogP contribution is -2.51. The highest BCUT2D eigenvalue weighted by Gasteiger charge is 2.39. The van der Waals surface area contributed by atoms with E-state index in [0.717, 1.165) is 70.4 Å². The Bertz CT molecular complexity index is 2730. The first-order valence-electron chi connectivity index (χ1n) is 22.8. The van der Waals surface area contributed by atoms with Crippen molar-refractivity contribution >= 4 is 51.8 Å². The van der Waals surface area contributed by atoms with Gasteiger partial charge in [-0.1, -0.05) is 65.8 Å². The Hall–Kier alpha value is -6.68. The van der Waals surface area contributed by atoms with Gasteiger partial charge in [-0.3, -0.25) is 14.2 Å². The molecule has 0 aliphatic carbocycles. The van der Waals surface area contributed by atoms with Crippen LogP contribution < -0.4 is 15.5 Å². The van der Waals surface area contributed by atoms with E-state index in [1.165, 1.54) is 17.2 Å². The number of anilines is 1. The van der Waals surface area contributed by atoms with Crippen LogP contribution in [0.25, 0.3) is 33.6 Å². The maximum atomic E-state index is 13.9. The molecule has 2 fully saturated rings. The zero-order chi connectivity index (χ0) is 47.0. The topological polar surface area (TPSA) is 200 Å². The second-order valence-corrected chi connectivity index (χ2v) is 19.0. The van der Waals surface area contributed by atoms with Gasteiger partial charge in [-0.15, -0.1) is 0 Å². The number of carboxylic acid groups (broad SMARTS) is 1. The summed E-state index contributed by atoms with van der Waals surface area (Å²) in [6.07, 6.45) is 3.08. The van der Waals surface area contributed by atoms with Crippen LogP contribution in [-0.2, 0) is 19.7 Å². The molecule has 2 saturated heterocycles. The Labute approximate surface area is 384 Å². The Balaban J connectivity index is 1.12. The van der Waals surface area contributed by atoms with Crippen LogP contribution in [0.15, 0.2) is 79.0 Å². The van der Waals surface area contributed by atoms with Gasteiger partial charge in [0.1, 0.15) is 17.9 Å². The van der Waals surface area contributed by atoms with Crippen LogP contribution in [-0.4, -0.2) is 98.0 Å². The van der Waals surface area contributed by atoms with Crippen LogP contribution >= 0.6 is 0 Å². The monoisotopic (exact) mass is 899 g/mol. The fourth-order valence-electron chi connectivity index (χ4n) is 9.88. The van der Waals surface area contributed by atoms with Gasteiger partial charge in [-0.25, -0.2) is 19.6 Å². The number of nitrogens with one attached hydrogen (secondary N) is 4. The third-order valence-corrected chi connectivity index (χ3v) is 13.3. The fourth-order valence-corrected chi connectivity index (χ4v) is 9.88. The smallest absolute Gasteiger partial charge is 0.407 e. The van der Waals surface area contributed by atoms with Gasteiger partial charge in [0.25, 0.3) is 5.91 Å². The van der Waals surface area contributed by atoms with Crippen molar-refractivity contribution in [1.82, 2.24) is 40.0 Å². The fraction of sp³-hybridized carbons (Fsp3) is 0.440. The first-order valence-corrected chi connectivity index (χ1v) is 22.8. The molecule has 0 saturated carbocycles. The molecule has 16 heteroatoms. The van der Waals surface area contributed by atoms with Crippen molar-refractivity contribution in [1.29, 1.82) is 0 Å². The highest BCUT2D eigenvalue weighted by atomic mass is 16.5. The number of ether oxygens (including phenoxy) is 2. The number of alkyl carbamates (subject to hydrolysis) is 1. The summed E-state index contributed by atoms with van der Waals surface area (Å²) in [6.45, 7) is 12.9. The molecule has 2 aliphatic rings. The van der Waals surface area contributed by atoms with Gasteiger partial charge >= 0.3 is 12.2 Å². The molecule has 5 N–H and O–H groups in total. The summed E-state index contributed by atoms with van der Waals surface area (Å²) in [7, 11) is 3.02. The number of benzene rings is 3. The number of hydrogen-bond donors (Lipinski definition) is 5. The summed E-state index contributed by atoms with van der Waals surface area (Å²) < 4.78 is 11.9. The van der Waals surface area contributed by atoms with Gasteiger partial charge in [-0.2, -0.15) is 0 Å². The van der Waals surface area contributed by atoms with Crippen molar-refractivity contribution in [3.63, 3.8) is 0 Å². The predicted molar refractivity (Wildman–Crippen MR) is 252 cm³/mol. The third kappa shape index (κ3) is 8.98. The lowest BCUT2D eigenvalue weighted by molar-refractivity contribution is -0.135. The molecule has 3 aromatic carbocycles. The van der Waals surface area contributed by atoms with Crippen molar-refractivity contribution < 1.29 is 33.8 Å². The Morgan fingerprint density at radius 3 is 2.02 bits per heavy atom. The van der Waals surface area contributed by atoms with Crippen LogP contribution in [0, 0.1) is 11.8 Å². The van der Waals surface area contributed by atoms with Gasteiger partial charge in [0.2, 0.25) is 5.91 Å². The first kappa shape index (κ1) is 45.9. The number of amides is 3. The molecule has 0 bridgehead atoms. The molecular formula is C50H61N9O7. The molecule has 8 rings (SSSR count). The van der Waals surface area contributed by atoms with Crippen molar-refractivity contribution in [2.24, 2.45) is 11.8 Å². The number of carbonyl (C=O) groups excluding carboxylic acids is 3. The largest absolute Gasteiger partial charge is 0.465 e. The average Bonchev–Trinajstić information content (AvgIpc) is 4.15. The van der Waals surface area contributed by atoms with E-state index in [4.69, 9.17) is 19.4 Å². The minimum atomic E-state index is -1.26. The Morgan fingerprint density at radius 1 is 0.788 bits per heavy atom. The number of aromatic nitrogens is 5. The van der Waals surface area contributed by atoms with Gasteiger partial charge in [0.05, 0.1) is 59.6 Å². The Kier molecular flexibility index (Phi) is 13.0. The van der Waals surface area contributed by atoms with Gasteiger partial charge < -0.3 is 45.0 Å². The lowest BCUT2D eigenvalue weighted by atomic mass is 9.85. The van der Waals surface area contributed by atoms with Gasteiger partial charge in [0.15, 0.2) is 5.82 Å². The van der Waals surface area contributed by atoms with E-state index in [1.807, 2.05) is 24.8 Å². The molecule has 66 heavy (non-hydrogen) atoms. The van der Waals surface area contributed by atoms with E-state index >= 15 is 0 Å². The van der Waals surface area contributed by atoms with Crippen LogP contribution in [0.1, 0.15) is 113 Å². The molecule has 3 amide bonds. The molecule has 0 spiro atoms. The zero-order valence-corrected chi connectivity index (χ0v) is 38.9. The number of aromatic amines is 2. The highest BCUT2D eigenvalue weighted by molar-refractivity contribution is 5.91. The second-order valence-electron chi connectivity index (χ2n) is 19.0. The van der Waals surface area contributed by atoms with Crippen LogP contribution in [0.5, 0.6) is 0 Å². The molecule has 5 atom stereocenters. The van der Waals surface area contributed by atoms with Gasteiger partial charge in [-0.05, 0) is 103 Å². The molecule has 6 aromatic rings. The normalized spacial score (nSPS) is 18.7. The molecule has 3 aromatic heterocycles. The number of nitrogens with zero attached hydrogens (tertiary/aromatic N) is 5. The summed E-state index contributed by atoms with van der Waals surface area (Å²) in [6, 6.07) is 23.1. The summed E-state index contributed by atoms with van der Waals surface area (Å²) in [5, 5.41) is 14.5. The van der Waals surface area contributed by atoms with Crippen LogP contribution in [0.3, 0.4) is 0 Å². The minimum Gasteiger partial charge on any atom is -0.465 e. The van der Waals surface area contributed by atoms with E-state index in [-0.39, 0.29) is 47.2 Å². The first-order chi connectivity index (χ1) is 31.6. The number of rotatable bonds is 14. The van der Waals surface area contributed by atoms with Crippen molar-refractivity contribution in [3.05, 3.63) is 102 Å². The van der Waals surface area contributed by atoms with Crippen LogP contribution in [0.4, 0.5) is 15.3 Å². The maximum Gasteiger partial charge on any atom is 0.407 e.